The van der Waals surface area contributed by atoms with Crippen LogP contribution in [0.2, 0.25) is 0 Å². The number of benzene rings is 1. The van der Waals surface area contributed by atoms with E-state index in [2.05, 4.69) is 41.7 Å². The molecule has 0 aromatic heterocycles. The zero-order valence-corrected chi connectivity index (χ0v) is 9.23. The summed E-state index contributed by atoms with van der Waals surface area (Å²) in [6.07, 6.45) is 2.01. The predicted molar refractivity (Wildman–Crippen MR) is 62.1 cm³/mol. The Hall–Kier alpha value is -1.64. The van der Waals surface area contributed by atoms with E-state index in [0.29, 0.717) is 5.92 Å². The van der Waals surface area contributed by atoms with Crippen LogP contribution in [0.4, 0.5) is 0 Å². The number of hydrazone groups is 1. The molecule has 1 amide bonds. The first-order chi connectivity index (χ1) is 7.79. The molecule has 0 bridgehead atoms. The van der Waals surface area contributed by atoms with Gasteiger partial charge >= 0.3 is 0 Å². The molecule has 1 heterocycles. The van der Waals surface area contributed by atoms with E-state index in [-0.39, 0.29) is 11.8 Å². The van der Waals surface area contributed by atoms with Crippen LogP contribution in [-0.2, 0) is 11.2 Å². The van der Waals surface area contributed by atoms with Crippen LogP contribution in [0, 0.1) is 11.8 Å². The third-order valence-electron chi connectivity index (χ3n) is 3.42. The van der Waals surface area contributed by atoms with Crippen molar-refractivity contribution in [2.24, 2.45) is 16.9 Å². The Bertz CT molecular complexity index is 461. The van der Waals surface area contributed by atoms with Gasteiger partial charge in [-0.2, -0.15) is 5.10 Å². The SMILES string of the molecule is CCc1ccc(C2=NNC(=O)C3CC23)cc1. The molecule has 1 aliphatic carbocycles. The highest BCUT2D eigenvalue weighted by molar-refractivity contribution is 6.09. The minimum Gasteiger partial charge on any atom is -0.273 e. The van der Waals surface area contributed by atoms with Gasteiger partial charge in [0.25, 0.3) is 0 Å². The highest BCUT2D eigenvalue weighted by Crippen LogP contribution is 2.43. The van der Waals surface area contributed by atoms with Gasteiger partial charge < -0.3 is 0 Å². The van der Waals surface area contributed by atoms with Crippen LogP contribution >= 0.6 is 0 Å². The maximum absolute atomic E-state index is 11.3. The van der Waals surface area contributed by atoms with Gasteiger partial charge in [0.05, 0.1) is 5.71 Å². The summed E-state index contributed by atoms with van der Waals surface area (Å²) < 4.78 is 0. The van der Waals surface area contributed by atoms with Crippen LogP contribution in [0.25, 0.3) is 0 Å². The summed E-state index contributed by atoms with van der Waals surface area (Å²) >= 11 is 0. The average Bonchev–Trinajstić information content (AvgIpc) is 3.11. The number of aryl methyl sites for hydroxylation is 1. The maximum Gasteiger partial charge on any atom is 0.243 e. The van der Waals surface area contributed by atoms with Crippen molar-refractivity contribution in [2.45, 2.75) is 19.8 Å². The fourth-order valence-corrected chi connectivity index (χ4v) is 2.26. The first kappa shape index (κ1) is 9.58. The summed E-state index contributed by atoms with van der Waals surface area (Å²) in [6.45, 7) is 2.14. The molecule has 2 unspecified atom stereocenters. The van der Waals surface area contributed by atoms with Gasteiger partial charge in [0.15, 0.2) is 0 Å². The van der Waals surface area contributed by atoms with E-state index in [0.717, 1.165) is 24.1 Å². The van der Waals surface area contributed by atoms with Crippen molar-refractivity contribution in [3.8, 4) is 0 Å². The molecule has 0 radical (unpaired) electrons. The standard InChI is InChI=1S/C13H14N2O/c1-2-8-3-5-9(6-4-8)12-10-7-11(10)13(16)15-14-12/h3-6,10-11H,2,7H2,1H3,(H,15,16). The smallest absolute Gasteiger partial charge is 0.243 e. The van der Waals surface area contributed by atoms with Gasteiger partial charge in [-0.1, -0.05) is 31.2 Å². The number of amides is 1. The van der Waals surface area contributed by atoms with E-state index < -0.39 is 0 Å². The fraction of sp³-hybridized carbons (Fsp3) is 0.385. The second-order valence-electron chi connectivity index (χ2n) is 4.47. The molecule has 3 heteroatoms. The molecule has 1 aromatic rings. The first-order valence-corrected chi connectivity index (χ1v) is 5.76. The quantitative estimate of drug-likeness (QED) is 0.800. The van der Waals surface area contributed by atoms with Crippen LogP contribution < -0.4 is 5.43 Å². The number of fused-ring (bicyclic) bond motifs is 1. The number of hydrogen-bond donors (Lipinski definition) is 1. The molecule has 3 nitrogen and oxygen atoms in total. The van der Waals surface area contributed by atoms with Gasteiger partial charge in [0.1, 0.15) is 0 Å². The highest BCUT2D eigenvalue weighted by atomic mass is 16.2. The van der Waals surface area contributed by atoms with Gasteiger partial charge in [-0.3, -0.25) is 4.79 Å². The van der Waals surface area contributed by atoms with Crippen molar-refractivity contribution >= 4 is 11.6 Å². The van der Waals surface area contributed by atoms with Crippen molar-refractivity contribution in [1.29, 1.82) is 0 Å². The van der Waals surface area contributed by atoms with E-state index in [1.807, 2.05) is 0 Å². The monoisotopic (exact) mass is 214 g/mol. The zero-order valence-electron chi connectivity index (χ0n) is 9.23. The molecule has 0 spiro atoms. The summed E-state index contributed by atoms with van der Waals surface area (Å²) in [5.41, 5.74) is 6.12. The lowest BCUT2D eigenvalue weighted by Gasteiger charge is -2.11. The van der Waals surface area contributed by atoms with E-state index in [4.69, 9.17) is 0 Å². The van der Waals surface area contributed by atoms with Crippen molar-refractivity contribution in [3.05, 3.63) is 35.4 Å². The van der Waals surface area contributed by atoms with Gasteiger partial charge in [-0.25, -0.2) is 5.43 Å². The lowest BCUT2D eigenvalue weighted by atomic mass is 10.0. The number of carbonyl (C=O) groups excluding carboxylic acids is 1. The van der Waals surface area contributed by atoms with Crippen LogP contribution in [0.1, 0.15) is 24.5 Å². The normalized spacial score (nSPS) is 26.8. The second kappa shape index (κ2) is 3.44. The van der Waals surface area contributed by atoms with E-state index in [9.17, 15) is 4.79 Å². The molecule has 82 valence electrons. The number of nitrogens with one attached hydrogen (secondary N) is 1. The minimum atomic E-state index is 0.0823. The van der Waals surface area contributed by atoms with Crippen molar-refractivity contribution < 1.29 is 4.79 Å². The second-order valence-corrected chi connectivity index (χ2v) is 4.47. The summed E-state index contributed by atoms with van der Waals surface area (Å²) in [5.74, 6) is 0.624. The predicted octanol–water partition coefficient (Wildman–Crippen LogP) is 1.72. The van der Waals surface area contributed by atoms with Crippen molar-refractivity contribution in [3.63, 3.8) is 0 Å². The Morgan fingerprint density at radius 3 is 2.75 bits per heavy atom. The Balaban J connectivity index is 1.90. The fourth-order valence-electron chi connectivity index (χ4n) is 2.26. The van der Waals surface area contributed by atoms with Crippen LogP contribution in [-0.4, -0.2) is 11.6 Å². The number of carbonyl (C=O) groups is 1. The molecular formula is C13H14N2O. The molecule has 1 saturated carbocycles. The van der Waals surface area contributed by atoms with Crippen molar-refractivity contribution in [1.82, 2.24) is 5.43 Å². The molecule has 2 aliphatic rings. The number of hydrogen-bond acceptors (Lipinski definition) is 2. The molecule has 2 atom stereocenters. The van der Waals surface area contributed by atoms with Crippen molar-refractivity contribution in [2.75, 3.05) is 0 Å². The van der Waals surface area contributed by atoms with E-state index in [1.165, 1.54) is 5.56 Å². The Labute approximate surface area is 94.6 Å². The molecule has 1 aromatic carbocycles. The topological polar surface area (TPSA) is 41.5 Å². The van der Waals surface area contributed by atoms with Crippen LogP contribution in [0.3, 0.4) is 0 Å². The largest absolute Gasteiger partial charge is 0.273 e. The molecule has 16 heavy (non-hydrogen) atoms. The molecule has 0 saturated heterocycles. The maximum atomic E-state index is 11.3. The van der Waals surface area contributed by atoms with Gasteiger partial charge in [0, 0.05) is 11.8 Å². The molecule has 1 aliphatic heterocycles. The number of rotatable bonds is 2. The molecular weight excluding hydrogens is 200 g/mol. The zero-order chi connectivity index (χ0) is 11.1. The molecule has 3 rings (SSSR count). The first-order valence-electron chi connectivity index (χ1n) is 5.76. The molecule has 1 fully saturated rings. The lowest BCUT2D eigenvalue weighted by Crippen LogP contribution is -2.28. The summed E-state index contributed by atoms with van der Waals surface area (Å²) in [5, 5.41) is 4.18. The Morgan fingerprint density at radius 1 is 1.31 bits per heavy atom. The summed E-state index contributed by atoms with van der Waals surface area (Å²) in [6, 6.07) is 8.46. The average molecular weight is 214 g/mol. The summed E-state index contributed by atoms with van der Waals surface area (Å²) in [7, 11) is 0. The Kier molecular flexibility index (Phi) is 2.06. The molecule has 1 N–H and O–H groups in total. The van der Waals surface area contributed by atoms with E-state index in [1.54, 1.807) is 0 Å². The summed E-state index contributed by atoms with van der Waals surface area (Å²) in [4.78, 5) is 11.3. The minimum absolute atomic E-state index is 0.0823. The Morgan fingerprint density at radius 2 is 2.06 bits per heavy atom. The van der Waals surface area contributed by atoms with Gasteiger partial charge in [-0.05, 0) is 24.0 Å². The van der Waals surface area contributed by atoms with Crippen LogP contribution in [0.5, 0.6) is 0 Å². The highest BCUT2D eigenvalue weighted by Gasteiger charge is 2.49. The van der Waals surface area contributed by atoms with Crippen LogP contribution in [0.15, 0.2) is 29.4 Å². The van der Waals surface area contributed by atoms with Gasteiger partial charge in [0.2, 0.25) is 5.91 Å². The van der Waals surface area contributed by atoms with Gasteiger partial charge in [-0.15, -0.1) is 0 Å². The third kappa shape index (κ3) is 1.43. The number of nitrogens with zero attached hydrogens (tertiary/aromatic N) is 1. The third-order valence-corrected chi connectivity index (χ3v) is 3.42. The van der Waals surface area contributed by atoms with E-state index >= 15 is 0 Å². The lowest BCUT2D eigenvalue weighted by molar-refractivity contribution is -0.122.